The average molecular weight is 494 g/mol. The number of nitrogens with one attached hydrogen (secondary N) is 1. The number of hydrogen-bond acceptors (Lipinski definition) is 5. The number of carbonyl (C=O) groups is 1. The van der Waals surface area contributed by atoms with Crippen molar-refractivity contribution in [3.05, 3.63) is 29.6 Å². The van der Waals surface area contributed by atoms with Crippen molar-refractivity contribution in [2.45, 2.75) is 123 Å². The van der Waals surface area contributed by atoms with Crippen LogP contribution in [0.1, 0.15) is 113 Å². The molecule has 1 fully saturated rings. The zero-order valence-electron chi connectivity index (χ0n) is 23.2. The van der Waals surface area contributed by atoms with Gasteiger partial charge in [0, 0.05) is 34.6 Å². The fraction of sp³-hybridized carbons (Fsp3) is 0.778. The van der Waals surface area contributed by atoms with Crippen LogP contribution in [-0.4, -0.2) is 43.0 Å². The third kappa shape index (κ3) is 8.13. The SMILES string of the molecule is CC(C)(C)OC(=O)N1C[C@@H](CCC(N[S+]([O-])C(C)(C)C)c2cccc(C(C)(C)C)n2)CC1(C)C. The highest BCUT2D eigenvalue weighted by atomic mass is 32.2. The summed E-state index contributed by atoms with van der Waals surface area (Å²) in [4.78, 5) is 19.6. The number of ether oxygens (including phenoxy) is 1. The Bertz CT molecular complexity index is 837. The van der Waals surface area contributed by atoms with Gasteiger partial charge < -0.3 is 14.2 Å². The molecule has 1 saturated heterocycles. The highest BCUT2D eigenvalue weighted by Crippen LogP contribution is 2.37. The molecule has 1 aliphatic heterocycles. The molecule has 2 heterocycles. The highest BCUT2D eigenvalue weighted by molar-refractivity contribution is 7.90. The summed E-state index contributed by atoms with van der Waals surface area (Å²) in [6, 6.07) is 6.00. The zero-order valence-corrected chi connectivity index (χ0v) is 24.1. The second kappa shape index (κ2) is 10.4. The molecule has 0 spiro atoms. The summed E-state index contributed by atoms with van der Waals surface area (Å²) in [6.07, 6.45) is 2.37. The summed E-state index contributed by atoms with van der Waals surface area (Å²) in [7, 11) is 0. The normalized spacial score (nSPS) is 20.8. The monoisotopic (exact) mass is 493 g/mol. The van der Waals surface area contributed by atoms with Gasteiger partial charge in [-0.2, -0.15) is 0 Å². The van der Waals surface area contributed by atoms with E-state index in [4.69, 9.17) is 9.72 Å². The molecule has 1 aromatic rings. The first-order valence-corrected chi connectivity index (χ1v) is 13.6. The lowest BCUT2D eigenvalue weighted by atomic mass is 9.90. The van der Waals surface area contributed by atoms with E-state index < -0.39 is 17.0 Å². The molecule has 0 bridgehead atoms. The second-order valence-electron chi connectivity index (χ2n) is 13.3. The molecule has 1 aromatic heterocycles. The van der Waals surface area contributed by atoms with E-state index in [1.54, 1.807) is 0 Å². The molecular formula is C27H47N3O3S. The lowest BCUT2D eigenvalue weighted by Crippen LogP contribution is -2.45. The molecule has 194 valence electrons. The molecule has 2 unspecified atom stereocenters. The van der Waals surface area contributed by atoms with Crippen molar-refractivity contribution in [2.24, 2.45) is 5.92 Å². The van der Waals surface area contributed by atoms with Crippen LogP contribution in [0.2, 0.25) is 0 Å². The first-order chi connectivity index (χ1) is 15.3. The summed E-state index contributed by atoms with van der Waals surface area (Å²) in [5, 5.41) is 0. The van der Waals surface area contributed by atoms with Crippen LogP contribution in [-0.2, 0) is 21.5 Å². The van der Waals surface area contributed by atoms with Gasteiger partial charge in [0.25, 0.3) is 0 Å². The van der Waals surface area contributed by atoms with Crippen molar-refractivity contribution >= 4 is 17.5 Å². The van der Waals surface area contributed by atoms with Crippen LogP contribution in [0.3, 0.4) is 0 Å². The fourth-order valence-electron chi connectivity index (χ4n) is 4.26. The minimum atomic E-state index is -1.21. The predicted octanol–water partition coefficient (Wildman–Crippen LogP) is 6.29. The van der Waals surface area contributed by atoms with Crippen LogP contribution in [0.15, 0.2) is 18.2 Å². The highest BCUT2D eigenvalue weighted by Gasteiger charge is 2.43. The van der Waals surface area contributed by atoms with Crippen molar-refractivity contribution in [1.82, 2.24) is 14.6 Å². The van der Waals surface area contributed by atoms with Gasteiger partial charge in [-0.05, 0) is 92.7 Å². The standard InChI is InChI=1S/C27H47N3O3S/c1-24(2,3)22-14-12-13-20(28-22)21(29-34(32)26(7,8)9)16-15-19-17-27(10,11)30(18-19)23(31)33-25(4,5)6/h12-14,19,21,29H,15-18H2,1-11H3/t19-,21?,34?/m0/s1. The maximum atomic E-state index is 13.0. The maximum Gasteiger partial charge on any atom is 0.410 e. The Balaban J connectivity index is 2.19. The number of pyridine rings is 1. The van der Waals surface area contributed by atoms with Crippen molar-refractivity contribution in [3.8, 4) is 0 Å². The molecule has 0 saturated carbocycles. The average Bonchev–Trinajstić information content (AvgIpc) is 2.96. The minimum Gasteiger partial charge on any atom is -0.598 e. The van der Waals surface area contributed by atoms with Gasteiger partial charge >= 0.3 is 6.09 Å². The van der Waals surface area contributed by atoms with E-state index in [2.05, 4.69) is 45.4 Å². The number of nitrogens with zero attached hydrogens (tertiary/aromatic N) is 2. The van der Waals surface area contributed by atoms with Gasteiger partial charge in [0.2, 0.25) is 0 Å². The predicted molar refractivity (Wildman–Crippen MR) is 141 cm³/mol. The molecule has 34 heavy (non-hydrogen) atoms. The summed E-state index contributed by atoms with van der Waals surface area (Å²) in [5.41, 5.74) is 1.12. The summed E-state index contributed by atoms with van der Waals surface area (Å²) < 4.78 is 21.7. The Morgan fingerprint density at radius 1 is 1.21 bits per heavy atom. The molecule has 1 N–H and O–H groups in total. The molecule has 0 aliphatic carbocycles. The third-order valence-corrected chi connectivity index (χ3v) is 7.75. The van der Waals surface area contributed by atoms with E-state index in [1.165, 1.54) is 0 Å². The maximum absolute atomic E-state index is 13.0. The fourth-order valence-corrected chi connectivity index (χ4v) is 5.11. The summed E-state index contributed by atoms with van der Waals surface area (Å²) >= 11 is -1.21. The largest absolute Gasteiger partial charge is 0.598 e. The first kappa shape index (κ1) is 28.9. The van der Waals surface area contributed by atoms with Gasteiger partial charge in [0.1, 0.15) is 10.3 Å². The molecule has 7 heteroatoms. The van der Waals surface area contributed by atoms with Crippen LogP contribution >= 0.6 is 0 Å². The van der Waals surface area contributed by atoms with E-state index in [1.807, 2.05) is 58.6 Å². The number of carbonyl (C=O) groups excluding carboxylic acids is 1. The van der Waals surface area contributed by atoms with Gasteiger partial charge in [-0.15, -0.1) is 4.72 Å². The van der Waals surface area contributed by atoms with Crippen LogP contribution in [0.4, 0.5) is 4.79 Å². The minimum absolute atomic E-state index is 0.0624. The topological polar surface area (TPSA) is 77.5 Å². The first-order valence-electron chi connectivity index (χ1n) is 12.5. The Hall–Kier alpha value is -1.31. The van der Waals surface area contributed by atoms with Gasteiger partial charge in [0.05, 0.1) is 11.7 Å². The number of aromatic nitrogens is 1. The molecule has 1 amide bonds. The second-order valence-corrected chi connectivity index (χ2v) is 15.3. The van der Waals surface area contributed by atoms with E-state index >= 15 is 0 Å². The molecule has 1 aliphatic rings. The van der Waals surface area contributed by atoms with Crippen molar-refractivity contribution in [3.63, 3.8) is 0 Å². The summed E-state index contributed by atoms with van der Waals surface area (Å²) in [6.45, 7) is 23.0. The van der Waals surface area contributed by atoms with Crippen molar-refractivity contribution in [1.29, 1.82) is 0 Å². The van der Waals surface area contributed by atoms with E-state index in [-0.39, 0.29) is 27.8 Å². The lowest BCUT2D eigenvalue weighted by molar-refractivity contribution is 0.0131. The molecule has 0 radical (unpaired) electrons. The Labute approximate surface area is 210 Å². The number of amides is 1. The van der Waals surface area contributed by atoms with E-state index in [0.717, 1.165) is 30.7 Å². The van der Waals surface area contributed by atoms with Gasteiger partial charge in [0.15, 0.2) is 0 Å². The number of rotatable bonds is 6. The van der Waals surface area contributed by atoms with Gasteiger partial charge in [-0.25, -0.2) is 4.79 Å². The molecular weight excluding hydrogens is 446 g/mol. The Morgan fingerprint density at radius 3 is 2.35 bits per heavy atom. The Morgan fingerprint density at radius 2 is 1.82 bits per heavy atom. The van der Waals surface area contributed by atoms with Gasteiger partial charge in [-0.1, -0.05) is 26.8 Å². The van der Waals surface area contributed by atoms with Crippen LogP contribution in [0.25, 0.3) is 0 Å². The quantitative estimate of drug-likeness (QED) is 0.471. The zero-order chi connectivity index (χ0) is 26.1. The van der Waals surface area contributed by atoms with Gasteiger partial charge in [-0.3, -0.25) is 4.98 Å². The number of likely N-dealkylation sites (tertiary alicyclic amines) is 1. The molecule has 0 aromatic carbocycles. The summed E-state index contributed by atoms with van der Waals surface area (Å²) in [5.74, 6) is 0.348. The number of hydrogen-bond donors (Lipinski definition) is 1. The van der Waals surface area contributed by atoms with Crippen molar-refractivity contribution < 1.29 is 14.1 Å². The van der Waals surface area contributed by atoms with Crippen LogP contribution in [0, 0.1) is 5.92 Å². The molecule has 6 nitrogen and oxygen atoms in total. The molecule has 2 rings (SSSR count). The third-order valence-electron chi connectivity index (χ3n) is 6.14. The van der Waals surface area contributed by atoms with E-state index in [9.17, 15) is 9.35 Å². The Kier molecular flexibility index (Phi) is 8.81. The van der Waals surface area contributed by atoms with Crippen LogP contribution in [0.5, 0.6) is 0 Å². The van der Waals surface area contributed by atoms with Crippen LogP contribution < -0.4 is 4.72 Å². The van der Waals surface area contributed by atoms with E-state index in [0.29, 0.717) is 12.5 Å². The smallest absolute Gasteiger partial charge is 0.410 e. The lowest BCUT2D eigenvalue weighted by Gasteiger charge is -2.33. The van der Waals surface area contributed by atoms with Crippen molar-refractivity contribution in [2.75, 3.05) is 6.54 Å². The molecule has 3 atom stereocenters.